The zero-order valence-electron chi connectivity index (χ0n) is 15.3. The molecule has 28 heavy (non-hydrogen) atoms. The lowest BCUT2D eigenvalue weighted by Crippen LogP contribution is -2.50. The van der Waals surface area contributed by atoms with Crippen molar-refractivity contribution >= 4 is 11.6 Å². The molecule has 2 aromatic carbocycles. The molecule has 1 aromatic heterocycles. The first-order valence-electron chi connectivity index (χ1n) is 9.14. The molecule has 4 rings (SSSR count). The maximum atomic E-state index is 13.1. The van der Waals surface area contributed by atoms with Crippen LogP contribution in [0, 0.1) is 5.82 Å². The smallest absolute Gasteiger partial charge is 0.408 e. The van der Waals surface area contributed by atoms with Crippen molar-refractivity contribution in [3.05, 3.63) is 77.2 Å². The first-order valence-corrected chi connectivity index (χ1v) is 9.14. The van der Waals surface area contributed by atoms with Gasteiger partial charge in [0.05, 0.1) is 6.20 Å². The molecule has 0 saturated carbocycles. The molecule has 144 valence electrons. The van der Waals surface area contributed by atoms with E-state index in [1.807, 2.05) is 30.3 Å². The summed E-state index contributed by atoms with van der Waals surface area (Å²) in [6.07, 6.45) is 1.57. The summed E-state index contributed by atoms with van der Waals surface area (Å²) in [5.41, 5.74) is 1.73. The average Bonchev–Trinajstić information content (AvgIpc) is 3.10. The van der Waals surface area contributed by atoms with Gasteiger partial charge in [0, 0.05) is 37.4 Å². The molecule has 3 aromatic rings. The fraction of sp³-hybridized carbons (Fsp3) is 0.238. The zero-order valence-corrected chi connectivity index (χ0v) is 15.3. The summed E-state index contributed by atoms with van der Waals surface area (Å²) >= 11 is 0. The van der Waals surface area contributed by atoms with Gasteiger partial charge in [-0.05, 0) is 24.3 Å². The number of piperazine rings is 1. The van der Waals surface area contributed by atoms with Gasteiger partial charge in [0.15, 0.2) is 5.76 Å². The number of carbonyl (C=O) groups is 1. The second-order valence-electron chi connectivity index (χ2n) is 6.70. The summed E-state index contributed by atoms with van der Waals surface area (Å²) in [5, 5.41) is 0. The summed E-state index contributed by atoms with van der Waals surface area (Å²) in [5.74, 6) is -0.490. The van der Waals surface area contributed by atoms with Crippen LogP contribution in [0.4, 0.5) is 10.1 Å². The Kier molecular flexibility index (Phi) is 4.97. The second-order valence-corrected chi connectivity index (χ2v) is 6.70. The zero-order chi connectivity index (χ0) is 19.5. The lowest BCUT2D eigenvalue weighted by atomic mass is 10.2. The molecule has 0 radical (unpaired) electrons. The van der Waals surface area contributed by atoms with Crippen LogP contribution in [0.3, 0.4) is 0 Å². The number of aromatic nitrogens is 1. The third-order valence-electron chi connectivity index (χ3n) is 4.89. The van der Waals surface area contributed by atoms with Crippen molar-refractivity contribution in [3.8, 4) is 11.3 Å². The van der Waals surface area contributed by atoms with E-state index >= 15 is 0 Å². The Labute approximate surface area is 161 Å². The van der Waals surface area contributed by atoms with Crippen LogP contribution in [0.1, 0.15) is 0 Å². The molecule has 0 bridgehead atoms. The number of hydrogen-bond donors (Lipinski definition) is 0. The lowest BCUT2D eigenvalue weighted by molar-refractivity contribution is -0.132. The molecule has 0 spiro atoms. The number of benzene rings is 2. The standard InChI is InChI=1S/C21H20FN3O3/c22-17-6-8-18(9-7-17)23-10-12-24(13-11-23)20(26)15-25-14-19(28-21(25)27)16-4-2-1-3-5-16/h1-9,14H,10-13,15H2. The minimum atomic E-state index is -0.544. The van der Waals surface area contributed by atoms with E-state index in [1.165, 1.54) is 16.7 Å². The average molecular weight is 381 g/mol. The first-order chi connectivity index (χ1) is 13.6. The summed E-state index contributed by atoms with van der Waals surface area (Å²) in [6, 6.07) is 15.6. The molecule has 0 aliphatic carbocycles. The molecule has 1 amide bonds. The summed E-state index contributed by atoms with van der Waals surface area (Å²) in [6.45, 7) is 2.37. The number of nitrogens with zero attached hydrogens (tertiary/aromatic N) is 3. The van der Waals surface area contributed by atoms with E-state index in [2.05, 4.69) is 4.90 Å². The Morgan fingerprint density at radius 1 is 0.964 bits per heavy atom. The van der Waals surface area contributed by atoms with Crippen LogP contribution in [0.2, 0.25) is 0 Å². The summed E-state index contributed by atoms with van der Waals surface area (Å²) < 4.78 is 19.6. The Morgan fingerprint density at radius 2 is 1.64 bits per heavy atom. The van der Waals surface area contributed by atoms with Gasteiger partial charge >= 0.3 is 5.76 Å². The molecular formula is C21H20FN3O3. The number of rotatable bonds is 4. The number of amides is 1. The van der Waals surface area contributed by atoms with Gasteiger partial charge in [-0.2, -0.15) is 0 Å². The minimum Gasteiger partial charge on any atom is -0.408 e. The molecule has 0 atom stereocenters. The van der Waals surface area contributed by atoms with Crippen molar-refractivity contribution in [1.82, 2.24) is 9.47 Å². The highest BCUT2D eigenvalue weighted by atomic mass is 19.1. The van der Waals surface area contributed by atoms with E-state index in [4.69, 9.17) is 4.42 Å². The van der Waals surface area contributed by atoms with E-state index in [9.17, 15) is 14.0 Å². The van der Waals surface area contributed by atoms with E-state index < -0.39 is 5.76 Å². The predicted molar refractivity (Wildman–Crippen MR) is 104 cm³/mol. The Bertz CT molecular complexity index is 1000. The Morgan fingerprint density at radius 3 is 2.32 bits per heavy atom. The summed E-state index contributed by atoms with van der Waals surface area (Å²) in [7, 11) is 0. The van der Waals surface area contributed by atoms with Crippen LogP contribution < -0.4 is 10.7 Å². The van der Waals surface area contributed by atoms with Crippen molar-refractivity contribution in [2.24, 2.45) is 0 Å². The van der Waals surface area contributed by atoms with E-state index in [0.717, 1.165) is 11.3 Å². The molecule has 1 saturated heterocycles. The highest BCUT2D eigenvalue weighted by Gasteiger charge is 2.22. The highest BCUT2D eigenvalue weighted by molar-refractivity contribution is 5.76. The maximum absolute atomic E-state index is 13.1. The Hall–Kier alpha value is -3.35. The fourth-order valence-electron chi connectivity index (χ4n) is 3.33. The normalized spacial score (nSPS) is 14.3. The van der Waals surface area contributed by atoms with Crippen LogP contribution in [-0.2, 0) is 11.3 Å². The van der Waals surface area contributed by atoms with Crippen LogP contribution in [0.15, 0.2) is 70.0 Å². The number of carbonyl (C=O) groups excluding carboxylic acids is 1. The quantitative estimate of drug-likeness (QED) is 0.697. The number of anilines is 1. The molecule has 0 unspecified atom stereocenters. The van der Waals surface area contributed by atoms with Crippen molar-refractivity contribution in [1.29, 1.82) is 0 Å². The van der Waals surface area contributed by atoms with Crippen LogP contribution in [0.5, 0.6) is 0 Å². The van der Waals surface area contributed by atoms with Gasteiger partial charge < -0.3 is 14.2 Å². The molecule has 1 aliphatic heterocycles. The van der Waals surface area contributed by atoms with E-state index in [-0.39, 0.29) is 18.3 Å². The first kappa shape index (κ1) is 18.0. The van der Waals surface area contributed by atoms with Crippen molar-refractivity contribution in [2.45, 2.75) is 6.54 Å². The number of halogens is 1. The largest absolute Gasteiger partial charge is 0.419 e. The second kappa shape index (κ2) is 7.72. The van der Waals surface area contributed by atoms with Crippen molar-refractivity contribution in [2.75, 3.05) is 31.1 Å². The van der Waals surface area contributed by atoms with Gasteiger partial charge in [0.1, 0.15) is 12.4 Å². The van der Waals surface area contributed by atoms with Gasteiger partial charge in [-0.15, -0.1) is 0 Å². The fourth-order valence-corrected chi connectivity index (χ4v) is 3.33. The SMILES string of the molecule is O=C(Cn1cc(-c2ccccc2)oc1=O)N1CCN(c2ccc(F)cc2)CC1. The molecule has 0 N–H and O–H groups in total. The van der Waals surface area contributed by atoms with E-state index in [1.54, 1.807) is 23.2 Å². The van der Waals surface area contributed by atoms with E-state index in [0.29, 0.717) is 31.9 Å². The third-order valence-corrected chi connectivity index (χ3v) is 4.89. The van der Waals surface area contributed by atoms with Gasteiger partial charge in [0.2, 0.25) is 5.91 Å². The predicted octanol–water partition coefficient (Wildman–Crippen LogP) is 2.60. The molecular weight excluding hydrogens is 361 g/mol. The molecule has 7 heteroatoms. The topological polar surface area (TPSA) is 58.7 Å². The van der Waals surface area contributed by atoms with Gasteiger partial charge in [0.25, 0.3) is 0 Å². The number of hydrogen-bond acceptors (Lipinski definition) is 4. The van der Waals surface area contributed by atoms with Gasteiger partial charge in [-0.1, -0.05) is 30.3 Å². The minimum absolute atomic E-state index is 0.0499. The number of oxazole rings is 1. The van der Waals surface area contributed by atoms with Crippen molar-refractivity contribution < 1.29 is 13.6 Å². The third kappa shape index (κ3) is 3.83. The van der Waals surface area contributed by atoms with Crippen LogP contribution >= 0.6 is 0 Å². The molecule has 2 heterocycles. The van der Waals surface area contributed by atoms with Gasteiger partial charge in [-0.3, -0.25) is 9.36 Å². The molecule has 1 fully saturated rings. The van der Waals surface area contributed by atoms with Crippen LogP contribution in [-0.4, -0.2) is 41.6 Å². The monoisotopic (exact) mass is 381 g/mol. The van der Waals surface area contributed by atoms with Crippen molar-refractivity contribution in [3.63, 3.8) is 0 Å². The summed E-state index contributed by atoms with van der Waals surface area (Å²) in [4.78, 5) is 28.5. The molecule has 6 nitrogen and oxygen atoms in total. The van der Waals surface area contributed by atoms with Crippen LogP contribution in [0.25, 0.3) is 11.3 Å². The maximum Gasteiger partial charge on any atom is 0.419 e. The lowest BCUT2D eigenvalue weighted by Gasteiger charge is -2.36. The molecule has 1 aliphatic rings. The van der Waals surface area contributed by atoms with Gasteiger partial charge in [-0.25, -0.2) is 9.18 Å². The highest BCUT2D eigenvalue weighted by Crippen LogP contribution is 2.18. The Balaban J connectivity index is 1.38.